The van der Waals surface area contributed by atoms with Crippen LogP contribution in [0.25, 0.3) is 6.08 Å². The average Bonchev–Trinajstić information content (AvgIpc) is 2.87. The van der Waals surface area contributed by atoms with Gasteiger partial charge in [-0.05, 0) is 26.0 Å². The number of rotatable bonds is 5. The molecule has 2 aromatic rings. The molecule has 0 amide bonds. The Bertz CT molecular complexity index is 708. The molecule has 2 rings (SSSR count). The second-order valence-corrected chi connectivity index (χ2v) is 5.05. The zero-order valence-electron chi connectivity index (χ0n) is 13.0. The molecule has 114 valence electrons. The summed E-state index contributed by atoms with van der Waals surface area (Å²) < 4.78 is 6.64. The van der Waals surface area contributed by atoms with Crippen molar-refractivity contribution >= 4 is 17.8 Å². The maximum Gasteiger partial charge on any atom is 0.330 e. The van der Waals surface area contributed by atoms with Crippen molar-refractivity contribution < 1.29 is 14.3 Å². The number of hydrogen-bond donors (Lipinski definition) is 0. The van der Waals surface area contributed by atoms with Crippen LogP contribution in [0.2, 0.25) is 0 Å². The van der Waals surface area contributed by atoms with E-state index < -0.39 is 5.97 Å². The van der Waals surface area contributed by atoms with Gasteiger partial charge in [0.25, 0.3) is 0 Å². The molecule has 0 saturated carbocycles. The van der Waals surface area contributed by atoms with E-state index in [-0.39, 0.29) is 5.78 Å². The Morgan fingerprint density at radius 1 is 1.18 bits per heavy atom. The van der Waals surface area contributed by atoms with Crippen LogP contribution in [-0.4, -0.2) is 22.9 Å². The monoisotopic (exact) mass is 297 g/mol. The van der Waals surface area contributed by atoms with Crippen LogP contribution in [0.4, 0.5) is 0 Å². The highest BCUT2D eigenvalue weighted by Gasteiger charge is 2.12. The summed E-state index contributed by atoms with van der Waals surface area (Å²) in [5.41, 5.74) is 3.12. The SMILES string of the molecule is CCOC(=O)/C=C/c1cc(C(=O)c2ccc(C)cc2)cn1C. The Balaban J connectivity index is 2.20. The Morgan fingerprint density at radius 3 is 2.50 bits per heavy atom. The van der Waals surface area contributed by atoms with Crippen molar-refractivity contribution in [2.24, 2.45) is 7.05 Å². The van der Waals surface area contributed by atoms with Gasteiger partial charge in [0.05, 0.1) is 6.61 Å². The van der Waals surface area contributed by atoms with Crippen LogP contribution in [0.5, 0.6) is 0 Å². The van der Waals surface area contributed by atoms with Crippen molar-refractivity contribution in [1.29, 1.82) is 0 Å². The van der Waals surface area contributed by atoms with Gasteiger partial charge in [-0.25, -0.2) is 4.79 Å². The molecule has 0 fully saturated rings. The van der Waals surface area contributed by atoms with Gasteiger partial charge in [0.1, 0.15) is 0 Å². The lowest BCUT2D eigenvalue weighted by atomic mass is 10.0. The van der Waals surface area contributed by atoms with E-state index in [4.69, 9.17) is 4.74 Å². The number of nitrogens with zero attached hydrogens (tertiary/aromatic N) is 1. The molecule has 0 saturated heterocycles. The first-order valence-electron chi connectivity index (χ1n) is 7.14. The second-order valence-electron chi connectivity index (χ2n) is 5.05. The Hall–Kier alpha value is -2.62. The first-order valence-corrected chi connectivity index (χ1v) is 7.14. The molecule has 0 aliphatic heterocycles. The molecule has 0 aliphatic carbocycles. The number of aromatic nitrogens is 1. The van der Waals surface area contributed by atoms with Crippen LogP contribution in [-0.2, 0) is 16.6 Å². The second kappa shape index (κ2) is 6.89. The molecule has 0 atom stereocenters. The smallest absolute Gasteiger partial charge is 0.330 e. The summed E-state index contributed by atoms with van der Waals surface area (Å²) in [5.74, 6) is -0.429. The van der Waals surface area contributed by atoms with E-state index in [9.17, 15) is 9.59 Å². The van der Waals surface area contributed by atoms with E-state index >= 15 is 0 Å². The van der Waals surface area contributed by atoms with Crippen LogP contribution in [0.3, 0.4) is 0 Å². The van der Waals surface area contributed by atoms with Gasteiger partial charge < -0.3 is 9.30 Å². The summed E-state index contributed by atoms with van der Waals surface area (Å²) in [4.78, 5) is 23.8. The van der Waals surface area contributed by atoms with Crippen molar-refractivity contribution in [3.8, 4) is 0 Å². The summed E-state index contributed by atoms with van der Waals surface area (Å²) in [6.07, 6.45) is 4.76. The zero-order valence-corrected chi connectivity index (χ0v) is 13.0. The first-order chi connectivity index (χ1) is 10.5. The van der Waals surface area contributed by atoms with Crippen LogP contribution < -0.4 is 0 Å². The number of aryl methyl sites for hydroxylation is 2. The highest BCUT2D eigenvalue weighted by Crippen LogP contribution is 2.15. The fraction of sp³-hybridized carbons (Fsp3) is 0.222. The lowest BCUT2D eigenvalue weighted by molar-refractivity contribution is -0.137. The normalized spacial score (nSPS) is 10.9. The van der Waals surface area contributed by atoms with Gasteiger partial charge in [0, 0.05) is 36.1 Å². The summed E-state index contributed by atoms with van der Waals surface area (Å²) >= 11 is 0. The highest BCUT2D eigenvalue weighted by atomic mass is 16.5. The minimum absolute atomic E-state index is 0.0358. The number of ketones is 1. The molecule has 0 unspecified atom stereocenters. The lowest BCUT2D eigenvalue weighted by Gasteiger charge is -1.98. The Labute approximate surface area is 130 Å². The standard InChI is InChI=1S/C18H19NO3/c1-4-22-17(20)10-9-16-11-15(12-19(16)3)18(21)14-7-5-13(2)6-8-14/h5-12H,4H2,1-3H3/b10-9+. The summed E-state index contributed by atoms with van der Waals surface area (Å²) in [5, 5.41) is 0. The molecule has 0 N–H and O–H groups in total. The topological polar surface area (TPSA) is 48.3 Å². The number of carbonyl (C=O) groups is 2. The van der Waals surface area contributed by atoms with Crippen molar-refractivity contribution in [2.75, 3.05) is 6.61 Å². The van der Waals surface area contributed by atoms with Gasteiger partial charge in [0.2, 0.25) is 0 Å². The largest absolute Gasteiger partial charge is 0.463 e. The van der Waals surface area contributed by atoms with Crippen LogP contribution in [0, 0.1) is 6.92 Å². The van der Waals surface area contributed by atoms with Crippen molar-refractivity contribution in [3.05, 3.63) is 65.0 Å². The van der Waals surface area contributed by atoms with E-state index in [1.807, 2.05) is 38.2 Å². The Morgan fingerprint density at radius 2 is 1.86 bits per heavy atom. The molecule has 1 aromatic heterocycles. The fourth-order valence-electron chi connectivity index (χ4n) is 2.09. The van der Waals surface area contributed by atoms with Crippen molar-refractivity contribution in [2.45, 2.75) is 13.8 Å². The van der Waals surface area contributed by atoms with Gasteiger partial charge in [-0.15, -0.1) is 0 Å². The summed E-state index contributed by atoms with van der Waals surface area (Å²) in [6.45, 7) is 4.08. The lowest BCUT2D eigenvalue weighted by Crippen LogP contribution is -1.99. The van der Waals surface area contributed by atoms with Gasteiger partial charge in [-0.1, -0.05) is 29.8 Å². The van der Waals surface area contributed by atoms with E-state index in [0.717, 1.165) is 11.3 Å². The van der Waals surface area contributed by atoms with Gasteiger partial charge in [-0.3, -0.25) is 4.79 Å². The maximum absolute atomic E-state index is 12.4. The predicted molar refractivity (Wildman–Crippen MR) is 85.7 cm³/mol. The third-order valence-corrected chi connectivity index (χ3v) is 3.30. The number of carbonyl (C=O) groups excluding carboxylic acids is 2. The van der Waals surface area contributed by atoms with Crippen LogP contribution >= 0.6 is 0 Å². The summed E-state index contributed by atoms with van der Waals surface area (Å²) in [7, 11) is 1.83. The molecule has 0 aliphatic rings. The molecule has 0 spiro atoms. The molecule has 1 heterocycles. The number of hydrogen-bond acceptors (Lipinski definition) is 3. The average molecular weight is 297 g/mol. The third-order valence-electron chi connectivity index (χ3n) is 3.30. The van der Waals surface area contributed by atoms with Gasteiger partial charge >= 0.3 is 5.97 Å². The van der Waals surface area contributed by atoms with Crippen molar-refractivity contribution in [1.82, 2.24) is 4.57 Å². The molecule has 0 bridgehead atoms. The van der Waals surface area contributed by atoms with E-state index in [0.29, 0.717) is 17.7 Å². The quantitative estimate of drug-likeness (QED) is 0.484. The minimum Gasteiger partial charge on any atom is -0.463 e. The van der Waals surface area contributed by atoms with Crippen molar-refractivity contribution in [3.63, 3.8) is 0 Å². The fourth-order valence-corrected chi connectivity index (χ4v) is 2.09. The van der Waals surface area contributed by atoms with E-state index in [1.54, 1.807) is 29.8 Å². The Kier molecular flexibility index (Phi) is 4.94. The van der Waals surface area contributed by atoms with Gasteiger partial charge in [-0.2, -0.15) is 0 Å². The zero-order chi connectivity index (χ0) is 16.1. The number of ether oxygens (including phenoxy) is 1. The van der Waals surface area contributed by atoms with Crippen LogP contribution in [0.15, 0.2) is 42.6 Å². The van der Waals surface area contributed by atoms with E-state index in [1.165, 1.54) is 6.08 Å². The number of esters is 1. The molecular formula is C18H19NO3. The minimum atomic E-state index is -0.393. The summed E-state index contributed by atoms with van der Waals surface area (Å²) in [6, 6.07) is 9.23. The number of benzene rings is 1. The molecule has 0 radical (unpaired) electrons. The van der Waals surface area contributed by atoms with Gasteiger partial charge in [0.15, 0.2) is 5.78 Å². The molecular weight excluding hydrogens is 278 g/mol. The molecule has 4 nitrogen and oxygen atoms in total. The molecule has 1 aromatic carbocycles. The highest BCUT2D eigenvalue weighted by molar-refractivity contribution is 6.09. The maximum atomic E-state index is 12.4. The molecule has 22 heavy (non-hydrogen) atoms. The molecule has 4 heteroatoms. The predicted octanol–water partition coefficient (Wildman–Crippen LogP) is 3.14. The van der Waals surface area contributed by atoms with Crippen LogP contribution in [0.1, 0.15) is 34.1 Å². The van der Waals surface area contributed by atoms with E-state index in [2.05, 4.69) is 0 Å². The third kappa shape index (κ3) is 3.73. The first kappa shape index (κ1) is 15.8.